The lowest BCUT2D eigenvalue weighted by Gasteiger charge is -2.34. The van der Waals surface area contributed by atoms with Crippen molar-refractivity contribution in [2.45, 2.75) is 238 Å². The molecule has 0 amide bonds. The molecular weight excluding hydrogens is 470 g/mol. The Labute approximate surface area is 250 Å². The first-order valence-corrected chi connectivity index (χ1v) is 18.9. The Balaban J connectivity index is 4.22. The number of rotatable bonds is 34. The third-order valence-electron chi connectivity index (χ3n) is 9.56. The van der Waals surface area contributed by atoms with E-state index in [4.69, 9.17) is 0 Å². The highest BCUT2D eigenvalue weighted by atomic mass is 14.9. The molecule has 0 aliphatic carbocycles. The average Bonchev–Trinajstić information content (AvgIpc) is 2.95. The van der Waals surface area contributed by atoms with Crippen LogP contribution in [0.2, 0.25) is 0 Å². The first-order chi connectivity index (χ1) is 19.2. The van der Waals surface area contributed by atoms with Gasteiger partial charge in [-0.15, -0.1) is 0 Å². The van der Waals surface area contributed by atoms with Crippen molar-refractivity contribution in [2.24, 2.45) is 0 Å². The second-order valence-corrected chi connectivity index (χ2v) is 13.3. The summed E-state index contributed by atoms with van der Waals surface area (Å²) in [6.07, 6.45) is 47.7. The Kier molecular flexibility index (Phi) is 32.4. The molecule has 0 rings (SSSR count). The molecule has 0 atom stereocenters. The van der Waals surface area contributed by atoms with E-state index in [1.165, 1.54) is 212 Å². The van der Waals surface area contributed by atoms with Crippen LogP contribution >= 0.6 is 0 Å². The standard InChI is InChI=1S/C38H79N/c1-5-8-11-14-17-20-23-26-29-32-35-38(39-4,36-33-30-27-24-21-18-15-12-9-6-2)37-34-31-28-25-22-19-16-13-10-7-3/h39H,5-37H2,1-4H3. The lowest BCUT2D eigenvalue weighted by molar-refractivity contribution is 0.252. The van der Waals surface area contributed by atoms with E-state index in [1.54, 1.807) is 0 Å². The molecule has 1 nitrogen and oxygen atoms in total. The molecule has 0 aromatic rings. The van der Waals surface area contributed by atoms with Gasteiger partial charge >= 0.3 is 0 Å². The summed E-state index contributed by atoms with van der Waals surface area (Å²) < 4.78 is 0. The molecule has 0 radical (unpaired) electrons. The summed E-state index contributed by atoms with van der Waals surface area (Å²) in [7, 11) is 2.28. The van der Waals surface area contributed by atoms with E-state index in [1.807, 2.05) is 0 Å². The van der Waals surface area contributed by atoms with Crippen LogP contribution in [-0.2, 0) is 0 Å². The van der Waals surface area contributed by atoms with Crippen LogP contribution in [0.15, 0.2) is 0 Å². The van der Waals surface area contributed by atoms with Crippen molar-refractivity contribution in [1.29, 1.82) is 0 Å². The number of unbranched alkanes of at least 4 members (excludes halogenated alkanes) is 27. The van der Waals surface area contributed by atoms with E-state index in [2.05, 4.69) is 33.1 Å². The van der Waals surface area contributed by atoms with Crippen molar-refractivity contribution in [1.82, 2.24) is 5.32 Å². The van der Waals surface area contributed by atoms with Crippen LogP contribution in [0.25, 0.3) is 0 Å². The Morgan fingerprint density at radius 3 is 0.641 bits per heavy atom. The lowest BCUT2D eigenvalue weighted by atomic mass is 9.81. The predicted molar refractivity (Wildman–Crippen MR) is 181 cm³/mol. The smallest absolute Gasteiger partial charge is 0.0178 e. The second-order valence-electron chi connectivity index (χ2n) is 13.3. The Bertz CT molecular complexity index is 371. The zero-order valence-electron chi connectivity index (χ0n) is 28.3. The first kappa shape index (κ1) is 39.0. The van der Waals surface area contributed by atoms with Gasteiger partial charge in [-0.1, -0.05) is 213 Å². The van der Waals surface area contributed by atoms with Gasteiger partial charge in [-0.25, -0.2) is 0 Å². The van der Waals surface area contributed by atoms with Crippen molar-refractivity contribution >= 4 is 0 Å². The van der Waals surface area contributed by atoms with Crippen molar-refractivity contribution in [3.8, 4) is 0 Å². The van der Waals surface area contributed by atoms with Crippen LogP contribution in [0, 0.1) is 0 Å². The molecule has 236 valence electrons. The minimum Gasteiger partial charge on any atom is -0.314 e. The molecular formula is C38H79N. The third-order valence-corrected chi connectivity index (χ3v) is 9.56. The van der Waals surface area contributed by atoms with Crippen LogP contribution in [0.4, 0.5) is 0 Å². The summed E-state index contributed by atoms with van der Waals surface area (Å²) in [5.41, 5.74) is 0.417. The minimum atomic E-state index is 0.417. The highest BCUT2D eigenvalue weighted by molar-refractivity contribution is 4.86. The molecule has 0 saturated heterocycles. The SMILES string of the molecule is CCCCCCCCCCCCC(CCCCCCCCCCCC)(CCCCCCCCCCCC)NC. The lowest BCUT2D eigenvalue weighted by Crippen LogP contribution is -2.43. The van der Waals surface area contributed by atoms with E-state index < -0.39 is 0 Å². The predicted octanol–water partition coefficient (Wildman–Crippen LogP) is 13.9. The van der Waals surface area contributed by atoms with Gasteiger partial charge in [0, 0.05) is 5.54 Å². The summed E-state index contributed by atoms with van der Waals surface area (Å²) in [5, 5.41) is 3.91. The molecule has 0 spiro atoms. The molecule has 0 unspecified atom stereocenters. The molecule has 0 fully saturated rings. The Hall–Kier alpha value is -0.0400. The van der Waals surface area contributed by atoms with Crippen molar-refractivity contribution in [3.63, 3.8) is 0 Å². The molecule has 0 bridgehead atoms. The molecule has 0 heterocycles. The van der Waals surface area contributed by atoms with E-state index in [9.17, 15) is 0 Å². The van der Waals surface area contributed by atoms with Crippen LogP contribution in [-0.4, -0.2) is 12.6 Å². The van der Waals surface area contributed by atoms with Crippen LogP contribution in [0.1, 0.15) is 233 Å². The fourth-order valence-electron chi connectivity index (χ4n) is 6.60. The molecule has 39 heavy (non-hydrogen) atoms. The average molecular weight is 550 g/mol. The fraction of sp³-hybridized carbons (Fsp3) is 1.00. The maximum Gasteiger partial charge on any atom is 0.0178 e. The second kappa shape index (κ2) is 32.5. The molecule has 0 aliphatic rings. The van der Waals surface area contributed by atoms with Crippen molar-refractivity contribution in [2.75, 3.05) is 7.05 Å². The third kappa shape index (κ3) is 27.9. The maximum absolute atomic E-state index is 3.91. The topological polar surface area (TPSA) is 12.0 Å². The molecule has 0 aliphatic heterocycles. The summed E-state index contributed by atoms with van der Waals surface area (Å²) in [6.45, 7) is 6.95. The van der Waals surface area contributed by atoms with E-state index in [0.29, 0.717) is 5.54 Å². The van der Waals surface area contributed by atoms with E-state index >= 15 is 0 Å². The molecule has 1 heteroatoms. The molecule has 0 aromatic heterocycles. The molecule has 0 aromatic carbocycles. The maximum atomic E-state index is 3.91. The normalized spacial score (nSPS) is 12.0. The van der Waals surface area contributed by atoms with Crippen molar-refractivity contribution in [3.05, 3.63) is 0 Å². The summed E-state index contributed by atoms with van der Waals surface area (Å²) in [6, 6.07) is 0. The highest BCUT2D eigenvalue weighted by Crippen LogP contribution is 2.29. The van der Waals surface area contributed by atoms with Gasteiger partial charge in [0.1, 0.15) is 0 Å². The molecule has 1 N–H and O–H groups in total. The van der Waals surface area contributed by atoms with Crippen molar-refractivity contribution < 1.29 is 0 Å². The van der Waals surface area contributed by atoms with Gasteiger partial charge in [-0.2, -0.15) is 0 Å². The first-order valence-electron chi connectivity index (χ1n) is 18.9. The van der Waals surface area contributed by atoms with Gasteiger partial charge in [-0.05, 0) is 26.3 Å². The Morgan fingerprint density at radius 2 is 0.462 bits per heavy atom. The summed E-state index contributed by atoms with van der Waals surface area (Å²) in [4.78, 5) is 0. The van der Waals surface area contributed by atoms with E-state index in [0.717, 1.165) is 0 Å². The van der Waals surface area contributed by atoms with Gasteiger partial charge in [-0.3, -0.25) is 0 Å². The fourth-order valence-corrected chi connectivity index (χ4v) is 6.60. The highest BCUT2D eigenvalue weighted by Gasteiger charge is 2.26. The monoisotopic (exact) mass is 550 g/mol. The summed E-state index contributed by atoms with van der Waals surface area (Å²) in [5.74, 6) is 0. The van der Waals surface area contributed by atoms with Gasteiger partial charge < -0.3 is 5.32 Å². The van der Waals surface area contributed by atoms with Crippen LogP contribution < -0.4 is 5.32 Å². The van der Waals surface area contributed by atoms with E-state index in [-0.39, 0.29) is 0 Å². The quantitative estimate of drug-likeness (QED) is 0.0787. The van der Waals surface area contributed by atoms with Gasteiger partial charge in [0.05, 0.1) is 0 Å². The number of hydrogen-bond donors (Lipinski definition) is 1. The Morgan fingerprint density at radius 1 is 0.282 bits per heavy atom. The molecule has 0 saturated carbocycles. The largest absolute Gasteiger partial charge is 0.314 e. The number of hydrogen-bond acceptors (Lipinski definition) is 1. The van der Waals surface area contributed by atoms with Gasteiger partial charge in [0.2, 0.25) is 0 Å². The zero-order valence-corrected chi connectivity index (χ0v) is 28.3. The van der Waals surface area contributed by atoms with Gasteiger partial charge in [0.25, 0.3) is 0 Å². The zero-order chi connectivity index (χ0) is 28.5. The van der Waals surface area contributed by atoms with Crippen LogP contribution in [0.5, 0.6) is 0 Å². The number of nitrogens with one attached hydrogen (secondary N) is 1. The van der Waals surface area contributed by atoms with Gasteiger partial charge in [0.15, 0.2) is 0 Å². The van der Waals surface area contributed by atoms with Crippen LogP contribution in [0.3, 0.4) is 0 Å². The minimum absolute atomic E-state index is 0.417. The summed E-state index contributed by atoms with van der Waals surface area (Å²) >= 11 is 0.